The van der Waals surface area contributed by atoms with Crippen molar-refractivity contribution in [2.75, 3.05) is 6.61 Å². The molecule has 18 heavy (non-hydrogen) atoms. The van der Waals surface area contributed by atoms with Crippen molar-refractivity contribution in [1.82, 2.24) is 10.5 Å². The summed E-state index contributed by atoms with van der Waals surface area (Å²) >= 11 is 0. The highest BCUT2D eigenvalue weighted by atomic mass is 16.6. The van der Waals surface area contributed by atoms with Crippen LogP contribution in [0.4, 0.5) is 0 Å². The van der Waals surface area contributed by atoms with E-state index in [-0.39, 0.29) is 5.91 Å². The molecule has 0 unspecified atom stereocenters. The molecule has 0 radical (unpaired) electrons. The highest BCUT2D eigenvalue weighted by molar-refractivity contribution is 6.05. The van der Waals surface area contributed by atoms with Crippen molar-refractivity contribution in [3.8, 4) is 0 Å². The van der Waals surface area contributed by atoms with Gasteiger partial charge in [-0.05, 0) is 18.1 Å². The molecule has 1 aromatic heterocycles. The van der Waals surface area contributed by atoms with Gasteiger partial charge in [0.1, 0.15) is 0 Å². The first-order chi connectivity index (χ1) is 8.68. The van der Waals surface area contributed by atoms with Crippen molar-refractivity contribution in [2.24, 2.45) is 5.92 Å². The Morgan fingerprint density at radius 3 is 2.89 bits per heavy atom. The molecule has 1 N–H and O–H groups in total. The van der Waals surface area contributed by atoms with E-state index in [0.717, 1.165) is 10.9 Å². The zero-order valence-corrected chi connectivity index (χ0v) is 10.5. The van der Waals surface area contributed by atoms with Crippen LogP contribution in [0.15, 0.2) is 36.5 Å². The van der Waals surface area contributed by atoms with Crippen molar-refractivity contribution in [3.05, 3.63) is 42.1 Å². The second-order valence-electron chi connectivity index (χ2n) is 4.51. The number of para-hydroxylation sites is 1. The highest BCUT2D eigenvalue weighted by Gasteiger charge is 2.10. The number of nitrogens with one attached hydrogen (secondary N) is 1. The van der Waals surface area contributed by atoms with E-state index < -0.39 is 0 Å². The van der Waals surface area contributed by atoms with E-state index in [1.54, 1.807) is 12.3 Å². The molecule has 4 nitrogen and oxygen atoms in total. The van der Waals surface area contributed by atoms with Crippen molar-refractivity contribution in [1.29, 1.82) is 0 Å². The van der Waals surface area contributed by atoms with Gasteiger partial charge in [0.05, 0.1) is 17.7 Å². The predicted octanol–water partition coefficient (Wildman–Crippen LogP) is 2.55. The van der Waals surface area contributed by atoms with Gasteiger partial charge in [-0.2, -0.15) is 0 Å². The molecular weight excluding hydrogens is 228 g/mol. The number of rotatable bonds is 4. The fraction of sp³-hybridized carbons (Fsp3) is 0.286. The van der Waals surface area contributed by atoms with Gasteiger partial charge < -0.3 is 0 Å². The summed E-state index contributed by atoms with van der Waals surface area (Å²) in [5.41, 5.74) is 3.83. The molecular formula is C14H16N2O2. The predicted molar refractivity (Wildman–Crippen MR) is 70.0 cm³/mol. The third kappa shape index (κ3) is 2.84. The lowest BCUT2D eigenvalue weighted by molar-refractivity contribution is 0.0210. The molecule has 0 fully saturated rings. The zero-order chi connectivity index (χ0) is 13.0. The number of hydrogen-bond acceptors (Lipinski definition) is 3. The van der Waals surface area contributed by atoms with Gasteiger partial charge in [-0.3, -0.25) is 14.6 Å². The third-order valence-electron chi connectivity index (χ3n) is 2.48. The Morgan fingerprint density at radius 2 is 2.11 bits per heavy atom. The molecule has 0 saturated carbocycles. The summed E-state index contributed by atoms with van der Waals surface area (Å²) in [6, 6.07) is 9.22. The molecule has 0 aliphatic rings. The second-order valence-corrected chi connectivity index (χ2v) is 4.51. The molecule has 1 amide bonds. The average molecular weight is 244 g/mol. The largest absolute Gasteiger partial charge is 0.275 e. The fourth-order valence-electron chi connectivity index (χ4n) is 1.62. The molecule has 2 rings (SSSR count). The van der Waals surface area contributed by atoms with E-state index in [0.29, 0.717) is 18.1 Å². The van der Waals surface area contributed by atoms with Gasteiger partial charge in [0, 0.05) is 11.6 Å². The van der Waals surface area contributed by atoms with E-state index >= 15 is 0 Å². The summed E-state index contributed by atoms with van der Waals surface area (Å²) in [7, 11) is 0. The highest BCUT2D eigenvalue weighted by Crippen LogP contribution is 2.15. The first-order valence-electron chi connectivity index (χ1n) is 5.94. The lowest BCUT2D eigenvalue weighted by Crippen LogP contribution is -2.25. The van der Waals surface area contributed by atoms with Crippen LogP contribution in [0.5, 0.6) is 0 Å². The van der Waals surface area contributed by atoms with E-state index in [1.807, 2.05) is 38.1 Å². The Hall–Kier alpha value is -1.94. The summed E-state index contributed by atoms with van der Waals surface area (Å²) in [6.07, 6.45) is 1.62. The van der Waals surface area contributed by atoms with Crippen LogP contribution in [0.25, 0.3) is 10.9 Å². The van der Waals surface area contributed by atoms with Gasteiger partial charge in [-0.15, -0.1) is 0 Å². The standard InChI is InChI=1S/C14H16N2O2/c1-10(2)9-18-16-14(17)12-7-8-15-13-6-4-3-5-11(12)13/h3-8,10H,9H2,1-2H3,(H,16,17). The van der Waals surface area contributed by atoms with Gasteiger partial charge in [0.15, 0.2) is 0 Å². The Balaban J connectivity index is 2.17. The van der Waals surface area contributed by atoms with Gasteiger partial charge in [0.2, 0.25) is 0 Å². The van der Waals surface area contributed by atoms with E-state index in [2.05, 4.69) is 10.5 Å². The van der Waals surface area contributed by atoms with Crippen molar-refractivity contribution in [2.45, 2.75) is 13.8 Å². The van der Waals surface area contributed by atoms with Crippen molar-refractivity contribution < 1.29 is 9.63 Å². The number of nitrogens with zero attached hydrogens (tertiary/aromatic N) is 1. The maximum atomic E-state index is 12.0. The quantitative estimate of drug-likeness (QED) is 0.841. The first kappa shape index (κ1) is 12.5. The van der Waals surface area contributed by atoms with Crippen LogP contribution in [0, 0.1) is 5.92 Å². The van der Waals surface area contributed by atoms with Crippen LogP contribution < -0.4 is 5.48 Å². The number of hydrogen-bond donors (Lipinski definition) is 1. The number of pyridine rings is 1. The third-order valence-corrected chi connectivity index (χ3v) is 2.48. The summed E-state index contributed by atoms with van der Waals surface area (Å²) in [5.74, 6) is 0.133. The number of hydroxylamine groups is 1. The minimum atomic E-state index is -0.241. The molecule has 0 aliphatic heterocycles. The average Bonchev–Trinajstić information content (AvgIpc) is 2.37. The molecule has 0 aliphatic carbocycles. The Morgan fingerprint density at radius 1 is 1.33 bits per heavy atom. The number of amides is 1. The zero-order valence-electron chi connectivity index (χ0n) is 10.5. The van der Waals surface area contributed by atoms with E-state index in [1.165, 1.54) is 0 Å². The van der Waals surface area contributed by atoms with Crippen LogP contribution >= 0.6 is 0 Å². The molecule has 0 bridgehead atoms. The maximum Gasteiger partial charge on any atom is 0.275 e. The number of benzene rings is 1. The van der Waals surface area contributed by atoms with E-state index in [4.69, 9.17) is 4.84 Å². The lowest BCUT2D eigenvalue weighted by Gasteiger charge is -2.09. The van der Waals surface area contributed by atoms with E-state index in [9.17, 15) is 4.79 Å². The van der Waals surface area contributed by atoms with Gasteiger partial charge in [-0.25, -0.2) is 5.48 Å². The van der Waals surface area contributed by atoms with Crippen molar-refractivity contribution >= 4 is 16.8 Å². The number of carbonyl (C=O) groups is 1. The molecule has 94 valence electrons. The molecule has 0 spiro atoms. The Bertz CT molecular complexity index is 547. The summed E-state index contributed by atoms with van der Waals surface area (Å²) in [6.45, 7) is 4.54. The number of carbonyl (C=O) groups excluding carboxylic acids is 1. The van der Waals surface area contributed by atoms with Crippen LogP contribution in [0.1, 0.15) is 24.2 Å². The van der Waals surface area contributed by atoms with Crippen LogP contribution in [0.3, 0.4) is 0 Å². The maximum absolute atomic E-state index is 12.0. The fourth-order valence-corrected chi connectivity index (χ4v) is 1.62. The monoisotopic (exact) mass is 244 g/mol. The normalized spacial score (nSPS) is 10.8. The first-order valence-corrected chi connectivity index (χ1v) is 5.94. The Labute approximate surface area is 106 Å². The van der Waals surface area contributed by atoms with Crippen LogP contribution in [0.2, 0.25) is 0 Å². The Kier molecular flexibility index (Phi) is 3.89. The lowest BCUT2D eigenvalue weighted by atomic mass is 10.1. The second kappa shape index (κ2) is 5.60. The minimum absolute atomic E-state index is 0.241. The number of fused-ring (bicyclic) bond motifs is 1. The summed E-state index contributed by atoms with van der Waals surface area (Å²) < 4.78 is 0. The van der Waals surface area contributed by atoms with Gasteiger partial charge >= 0.3 is 0 Å². The van der Waals surface area contributed by atoms with Gasteiger partial charge in [-0.1, -0.05) is 32.0 Å². The van der Waals surface area contributed by atoms with Crippen molar-refractivity contribution in [3.63, 3.8) is 0 Å². The topological polar surface area (TPSA) is 51.2 Å². The SMILES string of the molecule is CC(C)CONC(=O)c1ccnc2ccccc12. The molecule has 0 atom stereocenters. The molecule has 1 heterocycles. The van der Waals surface area contributed by atoms with Crippen LogP contribution in [-0.2, 0) is 4.84 Å². The van der Waals surface area contributed by atoms with Gasteiger partial charge in [0.25, 0.3) is 5.91 Å². The molecule has 0 saturated heterocycles. The molecule has 4 heteroatoms. The minimum Gasteiger partial charge on any atom is -0.273 e. The molecule has 2 aromatic rings. The summed E-state index contributed by atoms with van der Waals surface area (Å²) in [5, 5.41) is 0.825. The smallest absolute Gasteiger partial charge is 0.273 e. The van der Waals surface area contributed by atoms with Crippen LogP contribution in [-0.4, -0.2) is 17.5 Å². The summed E-state index contributed by atoms with van der Waals surface area (Å²) in [4.78, 5) is 21.3. The number of aromatic nitrogens is 1. The molecule has 1 aromatic carbocycles.